The van der Waals surface area contributed by atoms with Gasteiger partial charge in [-0.05, 0) is 29.7 Å². The van der Waals surface area contributed by atoms with E-state index in [2.05, 4.69) is 15.7 Å². The lowest BCUT2D eigenvalue weighted by atomic mass is 9.97. The van der Waals surface area contributed by atoms with Gasteiger partial charge in [0.15, 0.2) is 23.2 Å². The zero-order chi connectivity index (χ0) is 25.2. The molecule has 0 saturated heterocycles. The van der Waals surface area contributed by atoms with Crippen LogP contribution in [-0.4, -0.2) is 42.6 Å². The normalized spacial score (nSPS) is 17.3. The molecule has 35 heavy (non-hydrogen) atoms. The number of aromatic nitrogens is 2. The number of benzene rings is 2. The van der Waals surface area contributed by atoms with Gasteiger partial charge in [-0.2, -0.15) is 18.3 Å². The number of ether oxygens (including phenoxy) is 2. The third-order valence-corrected chi connectivity index (χ3v) is 6.22. The van der Waals surface area contributed by atoms with E-state index < -0.39 is 24.2 Å². The summed E-state index contributed by atoms with van der Waals surface area (Å²) >= 11 is 6.37. The van der Waals surface area contributed by atoms with Crippen LogP contribution in [0.2, 0.25) is 5.02 Å². The number of rotatable bonds is 7. The van der Waals surface area contributed by atoms with E-state index in [0.717, 1.165) is 10.2 Å². The number of halogens is 4. The Balaban J connectivity index is 1.52. The molecule has 3 aromatic rings. The van der Waals surface area contributed by atoms with Gasteiger partial charge < -0.3 is 20.1 Å². The minimum Gasteiger partial charge on any atom is -0.493 e. The van der Waals surface area contributed by atoms with Crippen molar-refractivity contribution in [1.29, 1.82) is 0 Å². The quantitative estimate of drug-likeness (QED) is 0.459. The summed E-state index contributed by atoms with van der Waals surface area (Å²) in [6.45, 7) is 0.218. The first kappa shape index (κ1) is 24.7. The van der Waals surface area contributed by atoms with Gasteiger partial charge in [0, 0.05) is 13.0 Å². The molecule has 1 amide bonds. The number of hydrogen-bond acceptors (Lipinski definition) is 5. The van der Waals surface area contributed by atoms with Crippen LogP contribution in [0.25, 0.3) is 0 Å². The molecule has 2 heterocycles. The van der Waals surface area contributed by atoms with Crippen LogP contribution in [0.3, 0.4) is 0 Å². The Labute approximate surface area is 205 Å². The van der Waals surface area contributed by atoms with E-state index in [1.54, 1.807) is 42.5 Å². The number of carbonyl (C=O) groups is 1. The molecular weight excluding hydrogens is 485 g/mol. The van der Waals surface area contributed by atoms with Crippen LogP contribution >= 0.6 is 11.6 Å². The van der Waals surface area contributed by atoms with Crippen LogP contribution in [0.1, 0.15) is 40.1 Å². The minimum atomic E-state index is -4.57. The average molecular weight is 509 g/mol. The number of nitrogens with one attached hydrogen (secondary N) is 2. The lowest BCUT2D eigenvalue weighted by Gasteiger charge is -2.33. The molecule has 2 aromatic carbocycles. The molecule has 0 spiro atoms. The van der Waals surface area contributed by atoms with Crippen molar-refractivity contribution in [3.8, 4) is 11.5 Å². The first-order valence-corrected chi connectivity index (χ1v) is 11.3. The Morgan fingerprint density at radius 3 is 2.54 bits per heavy atom. The van der Waals surface area contributed by atoms with E-state index in [-0.39, 0.29) is 29.5 Å². The summed E-state index contributed by atoms with van der Waals surface area (Å²) < 4.78 is 53.0. The molecule has 7 nitrogen and oxygen atoms in total. The molecule has 0 unspecified atom stereocenters. The van der Waals surface area contributed by atoms with E-state index in [1.807, 2.05) is 6.07 Å². The molecule has 2 N–H and O–H groups in total. The summed E-state index contributed by atoms with van der Waals surface area (Å²) in [5, 5.41) is 9.51. The molecule has 1 aliphatic heterocycles. The average Bonchev–Trinajstić information content (AvgIpc) is 3.19. The van der Waals surface area contributed by atoms with E-state index >= 15 is 0 Å². The first-order valence-electron chi connectivity index (χ1n) is 10.9. The first-order chi connectivity index (χ1) is 16.7. The highest BCUT2D eigenvalue weighted by Gasteiger charge is 2.47. The molecule has 186 valence electrons. The monoisotopic (exact) mass is 508 g/mol. The fourth-order valence-corrected chi connectivity index (χ4v) is 4.34. The summed E-state index contributed by atoms with van der Waals surface area (Å²) in [5.41, 5.74) is 1.30. The van der Waals surface area contributed by atoms with Crippen molar-refractivity contribution in [1.82, 2.24) is 15.1 Å². The fourth-order valence-electron chi connectivity index (χ4n) is 4.08. The smallest absolute Gasteiger partial charge is 0.410 e. The summed E-state index contributed by atoms with van der Waals surface area (Å²) in [7, 11) is 3.06. The second-order valence-corrected chi connectivity index (χ2v) is 8.43. The van der Waals surface area contributed by atoms with Crippen molar-refractivity contribution in [2.75, 3.05) is 26.1 Å². The number of fused-ring (bicyclic) bond motifs is 1. The zero-order valence-electron chi connectivity index (χ0n) is 19.0. The van der Waals surface area contributed by atoms with Crippen molar-refractivity contribution >= 4 is 23.3 Å². The molecule has 2 atom stereocenters. The van der Waals surface area contributed by atoms with Gasteiger partial charge >= 0.3 is 6.18 Å². The standard InChI is InChI=1S/C24H24ClF3N4O3/c1-34-17-9-8-14(12-18(17)35-2)10-11-29-23(33)21-20(25)22-30-16(15-6-4-3-5-7-15)13-19(24(26,27)28)32(22)31-21/h3-9,12,16,19,30H,10-11,13H2,1-2H3,(H,29,33)/t16-,19+/m1/s1. The predicted molar refractivity (Wildman–Crippen MR) is 125 cm³/mol. The second kappa shape index (κ2) is 10.1. The van der Waals surface area contributed by atoms with E-state index in [9.17, 15) is 18.0 Å². The SMILES string of the molecule is COc1ccc(CCNC(=O)c2nn3c(c2Cl)N[C@@H](c2ccccc2)C[C@H]3C(F)(F)F)cc1OC. The van der Waals surface area contributed by atoms with Crippen LogP contribution < -0.4 is 20.1 Å². The number of carbonyl (C=O) groups excluding carboxylic acids is 1. The third kappa shape index (κ3) is 5.17. The number of anilines is 1. The van der Waals surface area contributed by atoms with Crippen molar-refractivity contribution in [3.05, 3.63) is 70.4 Å². The molecule has 0 fully saturated rings. The van der Waals surface area contributed by atoms with Crippen LogP contribution in [0.15, 0.2) is 48.5 Å². The summed E-state index contributed by atoms with van der Waals surface area (Å²) in [6, 6.07) is 11.6. The lowest BCUT2D eigenvalue weighted by molar-refractivity contribution is -0.173. The van der Waals surface area contributed by atoms with Crippen LogP contribution in [-0.2, 0) is 6.42 Å². The summed E-state index contributed by atoms with van der Waals surface area (Å²) in [6.07, 6.45) is -4.39. The topological polar surface area (TPSA) is 77.4 Å². The van der Waals surface area contributed by atoms with Gasteiger partial charge in [0.25, 0.3) is 5.91 Å². The molecular formula is C24H24ClF3N4O3. The molecule has 0 aliphatic carbocycles. The Morgan fingerprint density at radius 1 is 1.17 bits per heavy atom. The predicted octanol–water partition coefficient (Wildman–Crippen LogP) is 5.19. The van der Waals surface area contributed by atoms with Crippen LogP contribution in [0.4, 0.5) is 19.0 Å². The number of alkyl halides is 3. The maximum Gasteiger partial charge on any atom is 0.410 e. The van der Waals surface area contributed by atoms with Crippen molar-refractivity contribution in [2.45, 2.75) is 31.1 Å². The van der Waals surface area contributed by atoms with Gasteiger partial charge in [0.2, 0.25) is 0 Å². The zero-order valence-corrected chi connectivity index (χ0v) is 19.8. The van der Waals surface area contributed by atoms with E-state index in [1.165, 1.54) is 14.2 Å². The van der Waals surface area contributed by atoms with Crippen molar-refractivity contribution < 1.29 is 27.4 Å². The second-order valence-electron chi connectivity index (χ2n) is 8.05. The number of nitrogens with zero attached hydrogens (tertiary/aromatic N) is 2. The van der Waals surface area contributed by atoms with Gasteiger partial charge in [-0.15, -0.1) is 0 Å². The van der Waals surface area contributed by atoms with Crippen LogP contribution in [0.5, 0.6) is 11.5 Å². The summed E-state index contributed by atoms with van der Waals surface area (Å²) in [5.74, 6) is 0.449. The Morgan fingerprint density at radius 2 is 1.89 bits per heavy atom. The molecule has 1 aliphatic rings. The van der Waals surface area contributed by atoms with E-state index in [0.29, 0.717) is 23.5 Å². The largest absolute Gasteiger partial charge is 0.493 e. The highest BCUT2D eigenvalue weighted by molar-refractivity contribution is 6.36. The lowest BCUT2D eigenvalue weighted by Crippen LogP contribution is -2.36. The molecule has 11 heteroatoms. The Hall–Kier alpha value is -3.40. The molecule has 1 aromatic heterocycles. The maximum absolute atomic E-state index is 13.9. The molecule has 4 rings (SSSR count). The van der Waals surface area contributed by atoms with E-state index in [4.69, 9.17) is 21.1 Å². The number of amides is 1. The minimum absolute atomic E-state index is 0.0286. The fraction of sp³-hybridized carbons (Fsp3) is 0.333. The Kier molecular flexibility index (Phi) is 7.11. The van der Waals surface area contributed by atoms with Gasteiger partial charge in [-0.25, -0.2) is 4.68 Å². The highest BCUT2D eigenvalue weighted by atomic mass is 35.5. The third-order valence-electron chi connectivity index (χ3n) is 5.86. The molecule has 0 bridgehead atoms. The van der Waals surface area contributed by atoms with Gasteiger partial charge in [0.1, 0.15) is 10.8 Å². The molecule has 0 radical (unpaired) electrons. The van der Waals surface area contributed by atoms with Crippen molar-refractivity contribution in [2.24, 2.45) is 0 Å². The Bertz CT molecular complexity index is 1200. The van der Waals surface area contributed by atoms with Crippen LogP contribution in [0, 0.1) is 0 Å². The van der Waals surface area contributed by atoms with Gasteiger partial charge in [-0.3, -0.25) is 4.79 Å². The van der Waals surface area contributed by atoms with Crippen molar-refractivity contribution in [3.63, 3.8) is 0 Å². The maximum atomic E-state index is 13.9. The van der Waals surface area contributed by atoms with Gasteiger partial charge in [0.05, 0.1) is 20.3 Å². The van der Waals surface area contributed by atoms with Gasteiger partial charge in [-0.1, -0.05) is 48.0 Å². The number of hydrogen-bond donors (Lipinski definition) is 2. The molecule has 0 saturated carbocycles. The number of methoxy groups -OCH3 is 2. The highest BCUT2D eigenvalue weighted by Crippen LogP contribution is 2.46. The summed E-state index contributed by atoms with van der Waals surface area (Å²) in [4.78, 5) is 12.8.